The molecule has 2 aromatic rings. The molecule has 32 heavy (non-hydrogen) atoms. The number of nitrogens with one attached hydrogen (secondary N) is 1. The minimum absolute atomic E-state index is 0.354. The largest absolute Gasteiger partial charge is 0.479 e. The predicted octanol–water partition coefficient (Wildman–Crippen LogP) is 0.364. The van der Waals surface area contributed by atoms with Crippen molar-refractivity contribution in [3.63, 3.8) is 0 Å². The highest BCUT2D eigenvalue weighted by Crippen LogP contribution is 2.29. The maximum absolute atomic E-state index is 12.8. The first-order chi connectivity index (χ1) is 15.3. The number of amides is 1. The highest BCUT2D eigenvalue weighted by molar-refractivity contribution is 6.32. The molecule has 2 aliphatic heterocycles. The molecule has 0 unspecified atom stereocenters. The summed E-state index contributed by atoms with van der Waals surface area (Å²) >= 11 is 6.15. The molecular formula is C21H19ClN2O8. The van der Waals surface area contributed by atoms with Gasteiger partial charge in [0.1, 0.15) is 18.3 Å². The Morgan fingerprint density at radius 2 is 1.78 bits per heavy atom. The van der Waals surface area contributed by atoms with Crippen molar-refractivity contribution in [3.8, 4) is 0 Å². The van der Waals surface area contributed by atoms with E-state index in [1.165, 1.54) is 0 Å². The van der Waals surface area contributed by atoms with E-state index in [2.05, 4.69) is 10.3 Å². The smallest absolute Gasteiger partial charge is 0.335 e. The highest BCUT2D eigenvalue weighted by atomic mass is 35.5. The molecule has 2 aliphatic rings. The third-order valence-electron chi connectivity index (χ3n) is 5.09. The second-order valence-corrected chi connectivity index (χ2v) is 7.68. The molecule has 6 atom stereocenters. The lowest BCUT2D eigenvalue weighted by molar-refractivity contribution is -0.300. The second kappa shape index (κ2) is 8.94. The van der Waals surface area contributed by atoms with Crippen molar-refractivity contribution < 1.29 is 39.5 Å². The molecule has 11 heteroatoms. The number of aliphatic hydroxyl groups excluding tert-OH is 3. The lowest BCUT2D eigenvalue weighted by Gasteiger charge is -2.39. The zero-order chi connectivity index (χ0) is 23.0. The molecule has 4 rings (SSSR count). The quantitative estimate of drug-likeness (QED) is 0.436. The van der Waals surface area contributed by atoms with Crippen LogP contribution in [0.15, 0.2) is 53.5 Å². The average Bonchev–Trinajstić information content (AvgIpc) is 2.90. The molecule has 168 valence electrons. The van der Waals surface area contributed by atoms with Gasteiger partial charge >= 0.3 is 5.97 Å². The summed E-state index contributed by atoms with van der Waals surface area (Å²) in [5.41, 5.74) is 1.93. The molecule has 10 nitrogen and oxygen atoms in total. The lowest BCUT2D eigenvalue weighted by Crippen LogP contribution is -2.61. The Hall–Kier alpha value is -2.86. The monoisotopic (exact) mass is 462 g/mol. The first-order valence-corrected chi connectivity index (χ1v) is 9.96. The fourth-order valence-corrected chi connectivity index (χ4v) is 3.64. The van der Waals surface area contributed by atoms with Gasteiger partial charge < -0.3 is 35.2 Å². The van der Waals surface area contributed by atoms with E-state index in [1.807, 2.05) is 6.07 Å². The molecule has 0 aliphatic carbocycles. The van der Waals surface area contributed by atoms with Crippen LogP contribution in [0.25, 0.3) is 0 Å². The predicted molar refractivity (Wildman–Crippen MR) is 111 cm³/mol. The van der Waals surface area contributed by atoms with Gasteiger partial charge in [-0.15, -0.1) is 0 Å². The fraction of sp³-hybridized carbons (Fsp3) is 0.286. The fourth-order valence-electron chi connectivity index (χ4n) is 3.47. The number of benzene rings is 2. The van der Waals surface area contributed by atoms with Crippen molar-refractivity contribution >= 4 is 34.9 Å². The van der Waals surface area contributed by atoms with E-state index in [-0.39, 0.29) is 0 Å². The number of carboxylic acids is 1. The van der Waals surface area contributed by atoms with Gasteiger partial charge in [0.25, 0.3) is 5.91 Å². The number of fused-ring (bicyclic) bond motifs is 1. The molecule has 0 saturated carbocycles. The van der Waals surface area contributed by atoms with Gasteiger partial charge in [0, 0.05) is 16.1 Å². The van der Waals surface area contributed by atoms with Crippen molar-refractivity contribution in [1.29, 1.82) is 0 Å². The van der Waals surface area contributed by atoms with Gasteiger partial charge in [0.15, 0.2) is 12.4 Å². The third-order valence-corrected chi connectivity index (χ3v) is 5.32. The number of halogens is 1. The molecule has 2 aromatic carbocycles. The first kappa shape index (κ1) is 22.3. The molecule has 1 fully saturated rings. The number of carbonyl (C=O) groups excluding carboxylic acids is 1. The Morgan fingerprint density at radius 1 is 1.06 bits per heavy atom. The van der Waals surface area contributed by atoms with Crippen LogP contribution in [0.4, 0.5) is 5.69 Å². The van der Waals surface area contributed by atoms with E-state index in [9.17, 15) is 30.0 Å². The number of hydrogen-bond acceptors (Lipinski definition) is 8. The van der Waals surface area contributed by atoms with Gasteiger partial charge in [0.05, 0.1) is 11.4 Å². The average molecular weight is 463 g/mol. The van der Waals surface area contributed by atoms with E-state index in [4.69, 9.17) is 21.1 Å². The number of aliphatic hydroxyl groups is 3. The van der Waals surface area contributed by atoms with Crippen LogP contribution < -0.4 is 5.32 Å². The number of ether oxygens (including phenoxy) is 2. The Labute approximate surface area is 186 Å². The van der Waals surface area contributed by atoms with Crippen molar-refractivity contribution in [2.45, 2.75) is 36.9 Å². The number of anilines is 1. The molecule has 0 spiro atoms. The Balaban J connectivity index is 1.72. The summed E-state index contributed by atoms with van der Waals surface area (Å²) in [6.45, 7) is 0. The molecule has 0 radical (unpaired) electrons. The standard InChI is InChI=1S/C21H19ClN2O8/c22-10-6-7-12-11(8-10)13(9-4-2-1-3-5-9)24-19(18(28)23-12)32-21-16(27)14(25)15(26)17(31-21)20(29)30/h1-8,14-17,19,21,25-27H,(H,23,28)(H,29,30)/t14-,15-,16+,17-,19+,21-/m0/s1. The van der Waals surface area contributed by atoms with Gasteiger partial charge in [-0.1, -0.05) is 41.9 Å². The highest BCUT2D eigenvalue weighted by Gasteiger charge is 2.48. The van der Waals surface area contributed by atoms with Gasteiger partial charge in [-0.3, -0.25) is 4.79 Å². The van der Waals surface area contributed by atoms with E-state index in [1.54, 1.807) is 42.5 Å². The van der Waals surface area contributed by atoms with Crippen molar-refractivity contribution in [3.05, 3.63) is 64.7 Å². The number of aliphatic imine (C=N–C) groups is 1. The van der Waals surface area contributed by atoms with E-state index in [0.29, 0.717) is 27.5 Å². The van der Waals surface area contributed by atoms with Crippen LogP contribution in [0.3, 0.4) is 0 Å². The minimum Gasteiger partial charge on any atom is -0.479 e. The number of carbonyl (C=O) groups is 2. The molecule has 0 aromatic heterocycles. The number of benzodiazepines with no additional fused rings is 1. The summed E-state index contributed by atoms with van der Waals surface area (Å²) in [6, 6.07) is 13.7. The van der Waals surface area contributed by atoms with Gasteiger partial charge in [-0.25, -0.2) is 9.79 Å². The molecule has 0 bridgehead atoms. The Morgan fingerprint density at radius 3 is 2.47 bits per heavy atom. The number of hydrogen-bond donors (Lipinski definition) is 5. The van der Waals surface area contributed by atoms with Crippen molar-refractivity contribution in [1.82, 2.24) is 0 Å². The van der Waals surface area contributed by atoms with E-state index < -0.39 is 48.8 Å². The maximum atomic E-state index is 12.8. The van der Waals surface area contributed by atoms with Crippen LogP contribution in [0, 0.1) is 0 Å². The maximum Gasteiger partial charge on any atom is 0.335 e. The second-order valence-electron chi connectivity index (χ2n) is 7.25. The molecule has 5 N–H and O–H groups in total. The molecular weight excluding hydrogens is 444 g/mol. The number of aliphatic carboxylic acids is 1. The number of carboxylic acid groups (broad SMARTS) is 1. The number of rotatable bonds is 4. The van der Waals surface area contributed by atoms with Crippen molar-refractivity contribution in [2.24, 2.45) is 4.99 Å². The minimum atomic E-state index is -1.89. The summed E-state index contributed by atoms with van der Waals surface area (Å²) in [6.07, 6.45) is -10.8. The van der Waals surface area contributed by atoms with Crippen LogP contribution in [-0.4, -0.2) is 74.9 Å². The van der Waals surface area contributed by atoms with Crippen molar-refractivity contribution in [2.75, 3.05) is 5.32 Å². The normalized spacial score (nSPS) is 30.0. The first-order valence-electron chi connectivity index (χ1n) is 9.58. The Kier molecular flexibility index (Phi) is 6.24. The van der Waals surface area contributed by atoms with Gasteiger partial charge in [-0.2, -0.15) is 0 Å². The van der Waals surface area contributed by atoms with Crippen LogP contribution in [0.1, 0.15) is 11.1 Å². The molecule has 2 heterocycles. The van der Waals surface area contributed by atoms with Crippen LogP contribution >= 0.6 is 11.6 Å². The van der Waals surface area contributed by atoms with Crippen LogP contribution in [0.2, 0.25) is 5.02 Å². The van der Waals surface area contributed by atoms with E-state index in [0.717, 1.165) is 0 Å². The number of nitrogens with zero attached hydrogens (tertiary/aromatic N) is 1. The van der Waals surface area contributed by atoms with Gasteiger partial charge in [-0.05, 0) is 18.2 Å². The summed E-state index contributed by atoms with van der Waals surface area (Å²) < 4.78 is 10.6. The zero-order valence-electron chi connectivity index (χ0n) is 16.3. The topological polar surface area (TPSA) is 158 Å². The molecule has 1 saturated heterocycles. The summed E-state index contributed by atoms with van der Waals surface area (Å²) in [7, 11) is 0. The summed E-state index contributed by atoms with van der Waals surface area (Å²) in [4.78, 5) is 28.6. The van der Waals surface area contributed by atoms with Gasteiger partial charge in [0.2, 0.25) is 6.23 Å². The van der Waals surface area contributed by atoms with E-state index >= 15 is 0 Å². The van der Waals surface area contributed by atoms with Crippen LogP contribution in [0.5, 0.6) is 0 Å². The summed E-state index contributed by atoms with van der Waals surface area (Å²) in [5.74, 6) is -2.29. The zero-order valence-corrected chi connectivity index (χ0v) is 17.1. The summed E-state index contributed by atoms with van der Waals surface area (Å²) in [5, 5.41) is 42.4. The lowest BCUT2D eigenvalue weighted by atomic mass is 9.99. The molecule has 1 amide bonds. The Bertz CT molecular complexity index is 1060. The third kappa shape index (κ3) is 4.24. The van der Waals surface area contributed by atoms with Crippen LogP contribution in [-0.2, 0) is 19.1 Å². The SMILES string of the molecule is O=C1Nc2ccc(Cl)cc2C(c2ccccc2)=N[C@@H]1O[C@@H]1O[C@H](C(=O)O)[C@@H](O)[C@H](O)[C@H]1O.